The Labute approximate surface area is 118 Å². The molecule has 1 aromatic heterocycles. The molecule has 0 N–H and O–H groups in total. The van der Waals surface area contributed by atoms with Crippen molar-refractivity contribution in [2.75, 3.05) is 13.1 Å². The fourth-order valence-electron chi connectivity index (χ4n) is 2.71. The molecule has 1 saturated heterocycles. The second-order valence-electron chi connectivity index (χ2n) is 5.24. The molecule has 7 heteroatoms. The van der Waals surface area contributed by atoms with E-state index < -0.39 is 10.0 Å². The predicted octanol–water partition coefficient (Wildman–Crippen LogP) is 1.39. The van der Waals surface area contributed by atoms with Crippen LogP contribution in [0.4, 0.5) is 0 Å². The number of hydrogen-bond donors (Lipinski definition) is 0. The van der Waals surface area contributed by atoms with Gasteiger partial charge in [-0.15, -0.1) is 0 Å². The molecule has 2 aromatic rings. The molecule has 108 valence electrons. The molecular weight excluding hydrogens is 276 g/mol. The number of benzene rings is 1. The van der Waals surface area contributed by atoms with E-state index in [0.29, 0.717) is 30.0 Å². The molecule has 1 aliphatic heterocycles. The number of hydrogen-bond acceptors (Lipinski definition) is 4. The highest BCUT2D eigenvalue weighted by Crippen LogP contribution is 2.28. The van der Waals surface area contributed by atoms with Crippen LogP contribution in [0.1, 0.15) is 19.8 Å². The van der Waals surface area contributed by atoms with Gasteiger partial charge in [-0.2, -0.15) is 19.3 Å². The minimum absolute atomic E-state index is 0.264. The van der Waals surface area contributed by atoms with Crippen LogP contribution in [0, 0.1) is 5.92 Å². The largest absolute Gasteiger partial charge is 0.245 e. The Bertz CT molecular complexity index is 738. The van der Waals surface area contributed by atoms with Crippen molar-refractivity contribution in [2.45, 2.75) is 24.7 Å². The predicted molar refractivity (Wildman–Crippen MR) is 75.7 cm³/mol. The smallest absolute Gasteiger partial charge is 0.207 e. The summed E-state index contributed by atoms with van der Waals surface area (Å²) < 4.78 is 27.1. The molecule has 0 spiro atoms. The van der Waals surface area contributed by atoms with E-state index in [1.807, 2.05) is 0 Å². The molecule has 6 nitrogen and oxygen atoms in total. The van der Waals surface area contributed by atoms with Gasteiger partial charge in [-0.25, -0.2) is 8.42 Å². The Hall–Kier alpha value is -1.47. The molecular formula is C13H18N4O2S. The van der Waals surface area contributed by atoms with Gasteiger partial charge in [0.25, 0.3) is 0 Å². The van der Waals surface area contributed by atoms with E-state index >= 15 is 0 Å². The average Bonchev–Trinajstić information content (AvgIpc) is 3.02. The molecule has 1 aliphatic rings. The molecule has 0 bridgehead atoms. The van der Waals surface area contributed by atoms with Crippen LogP contribution in [-0.2, 0) is 17.1 Å². The normalized spacial score (nSPS) is 20.8. The average molecular weight is 294 g/mol. The summed E-state index contributed by atoms with van der Waals surface area (Å²) in [5, 5.41) is 8.36. The van der Waals surface area contributed by atoms with Gasteiger partial charge in [0.1, 0.15) is 15.9 Å². The van der Waals surface area contributed by atoms with Gasteiger partial charge in [0.2, 0.25) is 10.0 Å². The van der Waals surface area contributed by atoms with Gasteiger partial charge in [0.15, 0.2) is 0 Å². The topological polar surface area (TPSA) is 68.1 Å². The molecule has 20 heavy (non-hydrogen) atoms. The number of rotatable bonds is 3. The number of fused-ring (bicyclic) bond motifs is 1. The standard InChI is InChI=1S/C13H18N4O2S/c1-3-10-7-8-17(9-10)20(18,19)12-6-4-5-11-13(12)15-16(2)14-11/h4-6,10H,3,7-9H2,1-2H3. The molecule has 1 atom stereocenters. The van der Waals surface area contributed by atoms with Crippen molar-refractivity contribution < 1.29 is 8.42 Å². The summed E-state index contributed by atoms with van der Waals surface area (Å²) in [6.07, 6.45) is 1.95. The van der Waals surface area contributed by atoms with Gasteiger partial charge in [0, 0.05) is 20.1 Å². The van der Waals surface area contributed by atoms with E-state index in [2.05, 4.69) is 17.1 Å². The third-order valence-electron chi connectivity index (χ3n) is 3.92. The minimum Gasteiger partial charge on any atom is -0.207 e. The van der Waals surface area contributed by atoms with Crippen LogP contribution in [0.25, 0.3) is 11.0 Å². The summed E-state index contributed by atoms with van der Waals surface area (Å²) in [4.78, 5) is 1.67. The number of nitrogens with zero attached hydrogens (tertiary/aromatic N) is 4. The number of aromatic nitrogens is 3. The molecule has 0 aliphatic carbocycles. The summed E-state index contributed by atoms with van der Waals surface area (Å²) in [7, 11) is -1.78. The molecule has 0 saturated carbocycles. The first-order valence-corrected chi connectivity index (χ1v) is 8.26. The van der Waals surface area contributed by atoms with Crippen molar-refractivity contribution in [3.63, 3.8) is 0 Å². The second-order valence-corrected chi connectivity index (χ2v) is 7.15. The van der Waals surface area contributed by atoms with Gasteiger partial charge >= 0.3 is 0 Å². The maximum absolute atomic E-state index is 12.8. The van der Waals surface area contributed by atoms with Crippen molar-refractivity contribution in [1.29, 1.82) is 0 Å². The zero-order valence-electron chi connectivity index (χ0n) is 11.7. The quantitative estimate of drug-likeness (QED) is 0.858. The molecule has 1 unspecified atom stereocenters. The monoisotopic (exact) mass is 294 g/mol. The number of sulfonamides is 1. The molecule has 0 radical (unpaired) electrons. The van der Waals surface area contributed by atoms with Crippen LogP contribution in [0.2, 0.25) is 0 Å². The highest BCUT2D eigenvalue weighted by molar-refractivity contribution is 7.89. The molecule has 1 aromatic carbocycles. The molecule has 3 rings (SSSR count). The summed E-state index contributed by atoms with van der Waals surface area (Å²) in [5.74, 6) is 0.464. The summed E-state index contributed by atoms with van der Waals surface area (Å²) in [5.41, 5.74) is 1.06. The first-order valence-electron chi connectivity index (χ1n) is 6.82. The highest BCUT2D eigenvalue weighted by Gasteiger charge is 2.33. The molecule has 2 heterocycles. The first-order chi connectivity index (χ1) is 9.52. The lowest BCUT2D eigenvalue weighted by Crippen LogP contribution is -2.29. The molecule has 1 fully saturated rings. The van der Waals surface area contributed by atoms with Crippen LogP contribution < -0.4 is 0 Å². The minimum atomic E-state index is -3.48. The van der Waals surface area contributed by atoms with Crippen molar-refractivity contribution >= 4 is 21.1 Å². The second kappa shape index (κ2) is 4.82. The Morgan fingerprint density at radius 2 is 2.15 bits per heavy atom. The van der Waals surface area contributed by atoms with E-state index in [4.69, 9.17) is 0 Å². The summed E-state index contributed by atoms with van der Waals surface area (Å²) in [6, 6.07) is 5.11. The van der Waals surface area contributed by atoms with Crippen LogP contribution in [0.3, 0.4) is 0 Å². The SMILES string of the molecule is CCC1CCN(S(=O)(=O)c2cccc3nn(C)nc23)C1. The lowest BCUT2D eigenvalue weighted by molar-refractivity contribution is 0.453. The van der Waals surface area contributed by atoms with Crippen molar-refractivity contribution in [3.8, 4) is 0 Å². The van der Waals surface area contributed by atoms with Gasteiger partial charge in [-0.05, 0) is 24.5 Å². The van der Waals surface area contributed by atoms with Crippen LogP contribution in [-0.4, -0.2) is 40.8 Å². The lowest BCUT2D eigenvalue weighted by Gasteiger charge is -2.16. The summed E-state index contributed by atoms with van der Waals surface area (Å²) >= 11 is 0. The van der Waals surface area contributed by atoms with E-state index in [1.165, 1.54) is 4.80 Å². The zero-order chi connectivity index (χ0) is 14.3. The Morgan fingerprint density at radius 1 is 1.35 bits per heavy atom. The van der Waals surface area contributed by atoms with Crippen molar-refractivity contribution in [3.05, 3.63) is 18.2 Å². The lowest BCUT2D eigenvalue weighted by atomic mass is 10.1. The first kappa shape index (κ1) is 13.5. The molecule has 0 amide bonds. The van der Waals surface area contributed by atoms with E-state index in [9.17, 15) is 8.42 Å². The van der Waals surface area contributed by atoms with Gasteiger partial charge in [-0.3, -0.25) is 0 Å². The van der Waals surface area contributed by atoms with E-state index in [-0.39, 0.29) is 4.90 Å². The fraction of sp³-hybridized carbons (Fsp3) is 0.538. The van der Waals surface area contributed by atoms with Gasteiger partial charge in [-0.1, -0.05) is 19.4 Å². The van der Waals surface area contributed by atoms with E-state index in [0.717, 1.165) is 12.8 Å². The number of aryl methyl sites for hydroxylation is 1. The Morgan fingerprint density at radius 3 is 2.85 bits per heavy atom. The van der Waals surface area contributed by atoms with Crippen LogP contribution in [0.15, 0.2) is 23.1 Å². The maximum atomic E-state index is 12.8. The van der Waals surface area contributed by atoms with Crippen LogP contribution in [0.5, 0.6) is 0 Å². The highest BCUT2D eigenvalue weighted by atomic mass is 32.2. The van der Waals surface area contributed by atoms with Gasteiger partial charge in [0.05, 0.1) is 0 Å². The zero-order valence-corrected chi connectivity index (χ0v) is 12.5. The van der Waals surface area contributed by atoms with E-state index in [1.54, 1.807) is 29.6 Å². The Kier molecular flexibility index (Phi) is 3.25. The maximum Gasteiger partial charge on any atom is 0.245 e. The van der Waals surface area contributed by atoms with Gasteiger partial charge < -0.3 is 0 Å². The fourth-order valence-corrected chi connectivity index (χ4v) is 4.38. The summed E-state index contributed by atoms with van der Waals surface area (Å²) in [6.45, 7) is 3.30. The Balaban J connectivity index is 2.06. The van der Waals surface area contributed by atoms with Crippen LogP contribution >= 0.6 is 0 Å². The third-order valence-corrected chi connectivity index (χ3v) is 5.82. The van der Waals surface area contributed by atoms with Crippen molar-refractivity contribution in [1.82, 2.24) is 19.3 Å². The van der Waals surface area contributed by atoms with Crippen molar-refractivity contribution in [2.24, 2.45) is 13.0 Å². The third kappa shape index (κ3) is 2.10.